The van der Waals surface area contributed by atoms with E-state index in [1.807, 2.05) is 0 Å². The van der Waals surface area contributed by atoms with E-state index in [9.17, 15) is 14.7 Å². The Hall–Kier alpha value is -1.04. The molecule has 25 heavy (non-hydrogen) atoms. The fourth-order valence-electron chi connectivity index (χ4n) is 2.92. The highest BCUT2D eigenvalue weighted by Gasteiger charge is 2.30. The van der Waals surface area contributed by atoms with Crippen molar-refractivity contribution in [3.05, 3.63) is 22.3 Å². The molecule has 0 saturated carbocycles. The van der Waals surface area contributed by atoms with Gasteiger partial charge in [-0.3, -0.25) is 9.59 Å². The Morgan fingerprint density at radius 3 is 2.12 bits per heavy atom. The normalized spacial score (nSPS) is 18.9. The van der Waals surface area contributed by atoms with Crippen molar-refractivity contribution in [2.24, 2.45) is 0 Å². The molecule has 0 amide bonds. The third-order valence-electron chi connectivity index (χ3n) is 4.85. The SMILES string of the molecule is CC1=C(C)C(=O)C(CC[C@](C)(O)COCCC[Si](C)(C)C)=C(C)C1=O. The van der Waals surface area contributed by atoms with Crippen LogP contribution in [0.5, 0.6) is 0 Å². The molecule has 0 heterocycles. The molecule has 0 saturated heterocycles. The third-order valence-corrected chi connectivity index (χ3v) is 6.71. The molecule has 1 aliphatic carbocycles. The molecule has 1 rings (SSSR count). The van der Waals surface area contributed by atoms with Crippen LogP contribution in [-0.4, -0.2) is 43.6 Å². The maximum Gasteiger partial charge on any atom is 0.185 e. The van der Waals surface area contributed by atoms with Crippen LogP contribution < -0.4 is 0 Å². The highest BCUT2D eigenvalue weighted by molar-refractivity contribution is 6.76. The quantitative estimate of drug-likeness (QED) is 0.379. The van der Waals surface area contributed by atoms with Gasteiger partial charge in [-0.15, -0.1) is 0 Å². The van der Waals surface area contributed by atoms with Gasteiger partial charge in [0.1, 0.15) is 0 Å². The van der Waals surface area contributed by atoms with Crippen molar-refractivity contribution in [3.63, 3.8) is 0 Å². The van der Waals surface area contributed by atoms with Gasteiger partial charge >= 0.3 is 0 Å². The van der Waals surface area contributed by atoms with Gasteiger partial charge in [0.15, 0.2) is 11.6 Å². The minimum atomic E-state index is -1.05. The number of aliphatic hydroxyl groups is 1. The zero-order valence-corrected chi connectivity index (χ0v) is 17.9. The Morgan fingerprint density at radius 1 is 1.00 bits per heavy atom. The van der Waals surface area contributed by atoms with Crippen LogP contribution in [0.25, 0.3) is 0 Å². The number of ether oxygens (including phenoxy) is 1. The van der Waals surface area contributed by atoms with Crippen LogP contribution >= 0.6 is 0 Å². The molecular formula is C20H34O4Si. The monoisotopic (exact) mass is 366 g/mol. The van der Waals surface area contributed by atoms with Gasteiger partial charge in [0.2, 0.25) is 0 Å². The molecule has 0 aromatic carbocycles. The molecule has 0 aromatic rings. The van der Waals surface area contributed by atoms with Gasteiger partial charge in [-0.2, -0.15) is 0 Å². The minimum absolute atomic E-state index is 0.0608. The molecule has 5 heteroatoms. The van der Waals surface area contributed by atoms with Crippen molar-refractivity contribution in [2.75, 3.05) is 13.2 Å². The van der Waals surface area contributed by atoms with Crippen LogP contribution in [0.4, 0.5) is 0 Å². The van der Waals surface area contributed by atoms with Crippen LogP contribution in [0.2, 0.25) is 25.7 Å². The first-order valence-corrected chi connectivity index (χ1v) is 12.8. The van der Waals surface area contributed by atoms with Crippen molar-refractivity contribution in [3.8, 4) is 0 Å². The Kier molecular flexibility index (Phi) is 7.53. The molecule has 0 bridgehead atoms. The molecule has 0 aromatic heterocycles. The molecule has 0 unspecified atom stereocenters. The van der Waals surface area contributed by atoms with Crippen molar-refractivity contribution in [1.82, 2.24) is 0 Å². The van der Waals surface area contributed by atoms with E-state index >= 15 is 0 Å². The lowest BCUT2D eigenvalue weighted by Gasteiger charge is -2.25. The van der Waals surface area contributed by atoms with Gasteiger partial charge in [-0.1, -0.05) is 25.7 Å². The van der Waals surface area contributed by atoms with E-state index in [0.717, 1.165) is 6.42 Å². The zero-order valence-electron chi connectivity index (χ0n) is 16.9. The summed E-state index contributed by atoms with van der Waals surface area (Å²) in [6, 6.07) is 1.21. The van der Waals surface area contributed by atoms with Crippen molar-refractivity contribution >= 4 is 19.6 Å². The van der Waals surface area contributed by atoms with Gasteiger partial charge < -0.3 is 9.84 Å². The summed E-state index contributed by atoms with van der Waals surface area (Å²) in [4.78, 5) is 24.6. The maximum atomic E-state index is 12.4. The van der Waals surface area contributed by atoms with E-state index in [0.29, 0.717) is 41.7 Å². The predicted molar refractivity (Wildman–Crippen MR) is 105 cm³/mol. The van der Waals surface area contributed by atoms with Gasteiger partial charge in [0, 0.05) is 37.0 Å². The summed E-state index contributed by atoms with van der Waals surface area (Å²) >= 11 is 0. The van der Waals surface area contributed by atoms with E-state index in [-0.39, 0.29) is 18.2 Å². The number of carbonyl (C=O) groups is 2. The molecule has 4 nitrogen and oxygen atoms in total. The van der Waals surface area contributed by atoms with Crippen LogP contribution in [0.3, 0.4) is 0 Å². The largest absolute Gasteiger partial charge is 0.388 e. The number of carbonyl (C=O) groups excluding carboxylic acids is 2. The number of rotatable bonds is 9. The Bertz CT molecular complexity index is 591. The summed E-state index contributed by atoms with van der Waals surface area (Å²) in [5, 5.41) is 10.5. The Morgan fingerprint density at radius 2 is 1.56 bits per heavy atom. The second-order valence-electron chi connectivity index (χ2n) is 8.73. The summed E-state index contributed by atoms with van der Waals surface area (Å²) in [6.45, 7) is 14.7. The first-order chi connectivity index (χ1) is 11.4. The maximum absolute atomic E-state index is 12.4. The average molecular weight is 367 g/mol. The molecule has 142 valence electrons. The molecule has 1 N–H and O–H groups in total. The molecule has 0 radical (unpaired) electrons. The van der Waals surface area contributed by atoms with Crippen LogP contribution in [0, 0.1) is 0 Å². The average Bonchev–Trinajstić information content (AvgIpc) is 2.49. The Balaban J connectivity index is 2.53. The highest BCUT2D eigenvalue weighted by Crippen LogP contribution is 2.29. The summed E-state index contributed by atoms with van der Waals surface area (Å²) in [7, 11) is -1.05. The number of allylic oxidation sites excluding steroid dienone is 4. The van der Waals surface area contributed by atoms with E-state index in [1.54, 1.807) is 27.7 Å². The predicted octanol–water partition coefficient (Wildman–Crippen LogP) is 4.07. The van der Waals surface area contributed by atoms with Crippen molar-refractivity contribution in [1.29, 1.82) is 0 Å². The van der Waals surface area contributed by atoms with E-state index in [2.05, 4.69) is 19.6 Å². The smallest absolute Gasteiger partial charge is 0.185 e. The van der Waals surface area contributed by atoms with Gasteiger partial charge in [0.25, 0.3) is 0 Å². The molecule has 1 aliphatic rings. The van der Waals surface area contributed by atoms with Crippen molar-refractivity contribution in [2.45, 2.75) is 78.2 Å². The van der Waals surface area contributed by atoms with Crippen LogP contribution in [0.15, 0.2) is 22.3 Å². The van der Waals surface area contributed by atoms with Crippen LogP contribution in [0.1, 0.15) is 47.0 Å². The molecule has 0 aliphatic heterocycles. The standard InChI is InChI=1S/C20H34O4Si/c1-14-15(2)19(22)17(16(3)18(14)21)9-10-20(4,23)13-24-11-8-12-25(5,6)7/h23H,8-13H2,1-7H3/t20-/m0/s1. The van der Waals surface area contributed by atoms with Crippen LogP contribution in [-0.2, 0) is 14.3 Å². The second-order valence-corrected chi connectivity index (χ2v) is 14.3. The lowest BCUT2D eigenvalue weighted by Crippen LogP contribution is -2.32. The summed E-state index contributed by atoms with van der Waals surface area (Å²) in [6.07, 6.45) is 1.82. The topological polar surface area (TPSA) is 63.6 Å². The highest BCUT2D eigenvalue weighted by atomic mass is 28.3. The lowest BCUT2D eigenvalue weighted by molar-refractivity contribution is -0.116. The summed E-state index contributed by atoms with van der Waals surface area (Å²) in [5.74, 6) is -0.129. The van der Waals surface area contributed by atoms with Crippen molar-refractivity contribution < 1.29 is 19.4 Å². The molecule has 0 spiro atoms. The zero-order chi connectivity index (χ0) is 19.4. The fourth-order valence-corrected chi connectivity index (χ4v) is 4.12. The molecule has 1 atom stereocenters. The first kappa shape index (κ1) is 22.0. The number of Topliss-reactive ketones (excluding diaryl/α,β-unsaturated/α-hetero) is 2. The van der Waals surface area contributed by atoms with Gasteiger partial charge in [-0.05, 0) is 47.0 Å². The second kappa shape index (κ2) is 8.56. The van der Waals surface area contributed by atoms with E-state index in [1.165, 1.54) is 6.04 Å². The summed E-state index contributed by atoms with van der Waals surface area (Å²) in [5.41, 5.74) is 1.10. The Labute approximate surface area is 153 Å². The van der Waals surface area contributed by atoms with Gasteiger partial charge in [-0.25, -0.2) is 0 Å². The van der Waals surface area contributed by atoms with Gasteiger partial charge in [0.05, 0.1) is 12.2 Å². The first-order valence-electron chi connectivity index (χ1n) is 9.12. The fraction of sp³-hybridized carbons (Fsp3) is 0.700. The number of ketones is 2. The van der Waals surface area contributed by atoms with E-state index in [4.69, 9.17) is 4.74 Å². The number of hydrogen-bond acceptors (Lipinski definition) is 4. The lowest BCUT2D eigenvalue weighted by atomic mass is 9.82. The van der Waals surface area contributed by atoms with E-state index < -0.39 is 13.7 Å². The number of hydrogen-bond donors (Lipinski definition) is 1. The molecule has 0 fully saturated rings. The minimum Gasteiger partial charge on any atom is -0.388 e. The molecular weight excluding hydrogens is 332 g/mol. The summed E-state index contributed by atoms with van der Waals surface area (Å²) < 4.78 is 5.64. The third kappa shape index (κ3) is 6.64.